The van der Waals surface area contributed by atoms with Crippen molar-refractivity contribution in [3.63, 3.8) is 0 Å². The summed E-state index contributed by atoms with van der Waals surface area (Å²) in [5.41, 5.74) is 4.28. The Hall–Kier alpha value is -2.65. The molecular formula is C23H22N2O3S. The second-order valence-corrected chi connectivity index (χ2v) is 8.41. The summed E-state index contributed by atoms with van der Waals surface area (Å²) in [5.74, 6) is -0.540. The number of fused-ring (bicyclic) bond motifs is 1. The predicted molar refractivity (Wildman–Crippen MR) is 110 cm³/mol. The Labute approximate surface area is 174 Å². The van der Waals surface area contributed by atoms with Crippen LogP contribution in [0.25, 0.3) is 0 Å². The first-order valence-electron chi connectivity index (χ1n) is 9.87. The number of ketones is 1. The molecule has 0 aliphatic heterocycles. The van der Waals surface area contributed by atoms with E-state index >= 15 is 0 Å². The molecule has 1 atom stereocenters. The van der Waals surface area contributed by atoms with Crippen LogP contribution in [0.5, 0.6) is 0 Å². The Bertz CT molecular complexity index is 1040. The van der Waals surface area contributed by atoms with Crippen molar-refractivity contribution in [1.29, 1.82) is 5.26 Å². The lowest BCUT2D eigenvalue weighted by Crippen LogP contribution is -2.25. The molecule has 0 radical (unpaired) electrons. The first-order chi connectivity index (χ1) is 14.0. The van der Waals surface area contributed by atoms with E-state index in [0.29, 0.717) is 16.5 Å². The number of esters is 1. The number of aryl methyl sites for hydroxylation is 2. The van der Waals surface area contributed by atoms with Crippen LogP contribution in [0.2, 0.25) is 0 Å². The van der Waals surface area contributed by atoms with Crippen LogP contribution in [0.15, 0.2) is 29.3 Å². The predicted octanol–water partition coefficient (Wildman–Crippen LogP) is 4.47. The number of thioether (sulfide) groups is 1. The summed E-state index contributed by atoms with van der Waals surface area (Å²) in [6.45, 7) is 1.58. The van der Waals surface area contributed by atoms with Gasteiger partial charge in [0, 0.05) is 17.2 Å². The van der Waals surface area contributed by atoms with Gasteiger partial charge >= 0.3 is 5.97 Å². The molecule has 1 aromatic carbocycles. The lowest BCUT2D eigenvalue weighted by molar-refractivity contribution is 0.0318. The molecular weight excluding hydrogens is 384 g/mol. The van der Waals surface area contributed by atoms with Crippen LogP contribution in [0.3, 0.4) is 0 Å². The molecule has 6 heteroatoms. The molecule has 0 N–H and O–H groups in total. The minimum absolute atomic E-state index is 0.197. The number of hydrogen-bond acceptors (Lipinski definition) is 6. The lowest BCUT2D eigenvalue weighted by atomic mass is 10.0. The van der Waals surface area contributed by atoms with Crippen molar-refractivity contribution in [2.24, 2.45) is 0 Å². The zero-order valence-corrected chi connectivity index (χ0v) is 17.3. The monoisotopic (exact) mass is 406 g/mol. The molecule has 2 aliphatic carbocycles. The molecule has 1 unspecified atom stereocenters. The average molecular weight is 407 g/mol. The van der Waals surface area contributed by atoms with Gasteiger partial charge in [-0.15, -0.1) is 11.8 Å². The lowest BCUT2D eigenvalue weighted by Gasteiger charge is -2.15. The van der Waals surface area contributed by atoms with Crippen LogP contribution in [0.1, 0.15) is 75.2 Å². The Balaban J connectivity index is 1.56. The van der Waals surface area contributed by atoms with Gasteiger partial charge in [-0.1, -0.05) is 12.1 Å². The Morgan fingerprint density at radius 3 is 2.69 bits per heavy atom. The van der Waals surface area contributed by atoms with Crippen LogP contribution in [-0.4, -0.2) is 29.1 Å². The van der Waals surface area contributed by atoms with E-state index in [1.165, 1.54) is 22.9 Å². The highest BCUT2D eigenvalue weighted by Crippen LogP contribution is 2.40. The molecule has 4 rings (SSSR count). The fourth-order valence-corrected chi connectivity index (χ4v) is 4.34. The van der Waals surface area contributed by atoms with E-state index in [1.807, 2.05) is 18.4 Å². The fraction of sp³-hybridized carbons (Fsp3) is 0.391. The maximum Gasteiger partial charge on any atom is 0.340 e. The third-order valence-corrected chi connectivity index (χ3v) is 6.24. The van der Waals surface area contributed by atoms with Gasteiger partial charge < -0.3 is 4.74 Å². The minimum Gasteiger partial charge on any atom is -0.451 e. The van der Waals surface area contributed by atoms with E-state index in [1.54, 1.807) is 19.1 Å². The average Bonchev–Trinajstić information content (AvgIpc) is 3.48. The van der Waals surface area contributed by atoms with E-state index in [9.17, 15) is 14.9 Å². The van der Waals surface area contributed by atoms with E-state index in [2.05, 4.69) is 11.1 Å². The smallest absolute Gasteiger partial charge is 0.340 e. The molecule has 1 heterocycles. The second-order valence-electron chi connectivity index (χ2n) is 7.61. The molecule has 0 saturated heterocycles. The Morgan fingerprint density at radius 1 is 1.24 bits per heavy atom. The van der Waals surface area contributed by atoms with E-state index in [-0.39, 0.29) is 16.9 Å². The van der Waals surface area contributed by atoms with E-state index in [4.69, 9.17) is 4.74 Å². The van der Waals surface area contributed by atoms with E-state index < -0.39 is 12.1 Å². The number of pyridine rings is 1. The molecule has 5 nitrogen and oxygen atoms in total. The molecule has 29 heavy (non-hydrogen) atoms. The zero-order chi connectivity index (χ0) is 20.5. The van der Waals surface area contributed by atoms with Crippen LogP contribution < -0.4 is 0 Å². The fourth-order valence-electron chi connectivity index (χ4n) is 3.78. The second kappa shape index (κ2) is 8.00. The van der Waals surface area contributed by atoms with E-state index in [0.717, 1.165) is 37.8 Å². The SMILES string of the molecule is CSc1nc(C2CC2)cc(C(=O)OC(C)C(=O)c2ccc3c(c2)CCC3)c1C#N. The summed E-state index contributed by atoms with van der Waals surface area (Å²) < 4.78 is 5.49. The number of ether oxygens (including phenoxy) is 1. The zero-order valence-electron chi connectivity index (χ0n) is 16.5. The third-order valence-electron chi connectivity index (χ3n) is 5.56. The van der Waals surface area contributed by atoms with Crippen molar-refractivity contribution in [2.75, 3.05) is 6.26 Å². The number of Topliss-reactive ketones (excluding diaryl/α,β-unsaturated/α-hetero) is 1. The molecule has 1 fully saturated rings. The highest BCUT2D eigenvalue weighted by molar-refractivity contribution is 7.98. The molecule has 148 valence electrons. The van der Waals surface area contributed by atoms with Crippen molar-refractivity contribution in [3.8, 4) is 6.07 Å². The number of nitriles is 1. The van der Waals surface area contributed by atoms with Gasteiger partial charge in [-0.25, -0.2) is 9.78 Å². The van der Waals surface area contributed by atoms with Crippen LogP contribution >= 0.6 is 11.8 Å². The number of carbonyl (C=O) groups is 2. The Morgan fingerprint density at radius 2 is 2.00 bits per heavy atom. The summed E-state index contributed by atoms with van der Waals surface area (Å²) in [5, 5.41) is 10.1. The highest BCUT2D eigenvalue weighted by Gasteiger charge is 2.30. The van der Waals surface area contributed by atoms with Gasteiger partial charge in [-0.2, -0.15) is 5.26 Å². The summed E-state index contributed by atoms with van der Waals surface area (Å²) in [7, 11) is 0. The van der Waals surface area contributed by atoms with Gasteiger partial charge in [-0.3, -0.25) is 4.79 Å². The summed E-state index contributed by atoms with van der Waals surface area (Å²) in [6.07, 6.45) is 6.11. The van der Waals surface area contributed by atoms with Gasteiger partial charge in [0.05, 0.1) is 11.1 Å². The first-order valence-corrected chi connectivity index (χ1v) is 11.1. The van der Waals surface area contributed by atoms with Crippen LogP contribution in [0.4, 0.5) is 0 Å². The van der Waals surface area contributed by atoms with Crippen molar-refractivity contribution < 1.29 is 14.3 Å². The molecule has 1 aromatic heterocycles. The molecule has 0 amide bonds. The maximum atomic E-state index is 12.9. The molecule has 2 aliphatic rings. The highest BCUT2D eigenvalue weighted by atomic mass is 32.2. The van der Waals surface area contributed by atoms with Gasteiger partial charge in [0.1, 0.15) is 11.1 Å². The quantitative estimate of drug-likeness (QED) is 0.400. The molecule has 0 spiro atoms. The first kappa shape index (κ1) is 19.7. The maximum absolute atomic E-state index is 12.9. The van der Waals surface area contributed by atoms with Crippen molar-refractivity contribution >= 4 is 23.5 Å². The van der Waals surface area contributed by atoms with Crippen molar-refractivity contribution in [2.45, 2.75) is 56.1 Å². The number of aromatic nitrogens is 1. The van der Waals surface area contributed by atoms with Gasteiger partial charge in [0.2, 0.25) is 5.78 Å². The summed E-state index contributed by atoms with van der Waals surface area (Å²) in [6, 6.07) is 9.45. The number of hydrogen-bond donors (Lipinski definition) is 0. The van der Waals surface area contributed by atoms with Crippen molar-refractivity contribution in [1.82, 2.24) is 4.98 Å². The van der Waals surface area contributed by atoms with Crippen LogP contribution in [0, 0.1) is 11.3 Å². The standard InChI is InChI=1S/C23H22N2O3S/c1-13(21(26)17-9-6-14-4-3-5-16(14)10-17)28-23(27)18-11-20(15-7-8-15)25-22(29-2)19(18)12-24/h6,9-11,13,15H,3-5,7-8H2,1-2H3. The molecule has 0 bridgehead atoms. The molecule has 2 aromatic rings. The number of benzene rings is 1. The number of carbonyl (C=O) groups excluding carboxylic acids is 2. The van der Waals surface area contributed by atoms with Gasteiger partial charge in [-0.05, 0) is 68.5 Å². The van der Waals surface area contributed by atoms with Gasteiger partial charge in [0.15, 0.2) is 6.10 Å². The number of rotatable bonds is 6. The normalized spacial score (nSPS) is 16.0. The number of nitrogens with zero attached hydrogens (tertiary/aromatic N) is 2. The van der Waals surface area contributed by atoms with Gasteiger partial charge in [0.25, 0.3) is 0 Å². The Kier molecular flexibility index (Phi) is 5.42. The largest absolute Gasteiger partial charge is 0.451 e. The third kappa shape index (κ3) is 3.92. The topological polar surface area (TPSA) is 80.0 Å². The summed E-state index contributed by atoms with van der Waals surface area (Å²) >= 11 is 1.34. The molecule has 1 saturated carbocycles. The van der Waals surface area contributed by atoms with Crippen molar-refractivity contribution in [3.05, 3.63) is 57.8 Å². The van der Waals surface area contributed by atoms with Crippen LogP contribution in [-0.2, 0) is 17.6 Å². The summed E-state index contributed by atoms with van der Waals surface area (Å²) in [4.78, 5) is 30.2. The minimum atomic E-state index is -0.927.